The molecule has 1 aliphatic heterocycles. The summed E-state index contributed by atoms with van der Waals surface area (Å²) >= 11 is 0. The Labute approximate surface area is 192 Å². The summed E-state index contributed by atoms with van der Waals surface area (Å²) in [6.45, 7) is 7.00. The Balaban J connectivity index is 0.00000240. The highest BCUT2D eigenvalue weighted by Crippen LogP contribution is 2.47. The van der Waals surface area contributed by atoms with E-state index in [1.54, 1.807) is 0 Å². The molecule has 1 spiro atoms. The molecule has 29 heavy (non-hydrogen) atoms. The van der Waals surface area contributed by atoms with Gasteiger partial charge < -0.3 is 14.8 Å². The maximum absolute atomic E-state index is 4.94. The summed E-state index contributed by atoms with van der Waals surface area (Å²) in [5.74, 6) is 2.12. The Morgan fingerprint density at radius 3 is 2.72 bits per heavy atom. The molecule has 0 bridgehead atoms. The lowest BCUT2D eigenvalue weighted by molar-refractivity contribution is 0.151. The van der Waals surface area contributed by atoms with Gasteiger partial charge in [0.25, 0.3) is 0 Å². The first-order valence-electron chi connectivity index (χ1n) is 10.9. The van der Waals surface area contributed by atoms with Crippen molar-refractivity contribution in [3.63, 3.8) is 0 Å². The predicted molar refractivity (Wildman–Crippen MR) is 130 cm³/mol. The Bertz CT molecular complexity index is 782. The fraction of sp³-hybridized carbons (Fsp3) is 0.565. The van der Waals surface area contributed by atoms with E-state index in [-0.39, 0.29) is 24.0 Å². The van der Waals surface area contributed by atoms with Gasteiger partial charge in [0.2, 0.25) is 0 Å². The Hall–Kier alpha value is -1.57. The van der Waals surface area contributed by atoms with Crippen LogP contribution in [0.4, 0.5) is 0 Å². The van der Waals surface area contributed by atoms with Gasteiger partial charge in [0, 0.05) is 38.6 Å². The van der Waals surface area contributed by atoms with E-state index in [9.17, 15) is 0 Å². The Morgan fingerprint density at radius 2 is 2.03 bits per heavy atom. The fourth-order valence-corrected chi connectivity index (χ4v) is 4.57. The second kappa shape index (κ2) is 10.5. The van der Waals surface area contributed by atoms with E-state index in [1.807, 2.05) is 6.20 Å². The van der Waals surface area contributed by atoms with Gasteiger partial charge in [-0.25, -0.2) is 9.98 Å². The van der Waals surface area contributed by atoms with Crippen LogP contribution in [0.1, 0.15) is 50.4 Å². The summed E-state index contributed by atoms with van der Waals surface area (Å²) < 4.78 is 2.26. The third-order valence-electron chi connectivity index (χ3n) is 6.37. The molecule has 1 saturated heterocycles. The number of hydrogen-bond donors (Lipinski definition) is 1. The number of aliphatic imine (C=N–C) groups is 1. The molecule has 2 aliphatic rings. The van der Waals surface area contributed by atoms with Gasteiger partial charge in [-0.05, 0) is 50.0 Å². The molecule has 0 atom stereocenters. The average molecular weight is 507 g/mol. The molecule has 4 rings (SSSR count). The van der Waals surface area contributed by atoms with Gasteiger partial charge in [0.05, 0.1) is 0 Å². The molecule has 0 amide bonds. The van der Waals surface area contributed by atoms with E-state index < -0.39 is 0 Å². The number of halogens is 1. The number of rotatable bonds is 7. The van der Waals surface area contributed by atoms with Crippen molar-refractivity contribution < 1.29 is 0 Å². The fourth-order valence-electron chi connectivity index (χ4n) is 4.57. The normalized spacial score (nSPS) is 17.8. The smallest absolute Gasteiger partial charge is 0.194 e. The highest BCUT2D eigenvalue weighted by Gasteiger charge is 2.43. The van der Waals surface area contributed by atoms with Gasteiger partial charge in [-0.1, -0.05) is 36.8 Å². The number of imidazole rings is 1. The average Bonchev–Trinajstić information content (AvgIpc) is 3.33. The molecule has 2 heterocycles. The van der Waals surface area contributed by atoms with Crippen LogP contribution >= 0.6 is 24.0 Å². The summed E-state index contributed by atoms with van der Waals surface area (Å²) in [6, 6.07) is 10.7. The summed E-state index contributed by atoms with van der Waals surface area (Å²) in [7, 11) is 0. The van der Waals surface area contributed by atoms with E-state index in [1.165, 1.54) is 37.8 Å². The van der Waals surface area contributed by atoms with Crippen molar-refractivity contribution >= 4 is 29.9 Å². The van der Waals surface area contributed by atoms with Gasteiger partial charge >= 0.3 is 0 Å². The van der Waals surface area contributed by atoms with Crippen molar-refractivity contribution in [2.45, 2.75) is 58.5 Å². The van der Waals surface area contributed by atoms with E-state index >= 15 is 0 Å². The molecule has 158 valence electrons. The molecule has 0 radical (unpaired) electrons. The largest absolute Gasteiger partial charge is 0.357 e. The lowest BCUT2D eigenvalue weighted by Crippen LogP contribution is -2.42. The minimum Gasteiger partial charge on any atom is -0.357 e. The third-order valence-corrected chi connectivity index (χ3v) is 6.37. The molecule has 1 N–H and O–H groups in total. The standard InChI is InChI=1S/C23H33N5.HI/c1-2-24-22(28-16-13-23(19-28)11-7-12-23)26-18-21-25-14-17-27(21)15-6-10-20-8-4-3-5-9-20;/h3-5,8-9,14,17H,2,6-7,10-13,15-16,18-19H2,1H3,(H,24,26);1H. The van der Waals surface area contributed by atoms with E-state index in [2.05, 4.69) is 63.2 Å². The first-order chi connectivity index (χ1) is 13.8. The predicted octanol–water partition coefficient (Wildman–Crippen LogP) is 4.48. The maximum atomic E-state index is 4.94. The van der Waals surface area contributed by atoms with Crippen molar-refractivity contribution in [3.8, 4) is 0 Å². The van der Waals surface area contributed by atoms with Gasteiger partial charge in [-0.2, -0.15) is 0 Å². The molecule has 2 fully saturated rings. The number of nitrogens with zero attached hydrogens (tertiary/aromatic N) is 4. The van der Waals surface area contributed by atoms with Crippen LogP contribution in [-0.4, -0.2) is 40.0 Å². The number of likely N-dealkylation sites (tertiary alicyclic amines) is 1. The molecular weight excluding hydrogens is 473 g/mol. The van der Waals surface area contributed by atoms with Crippen LogP contribution in [0.15, 0.2) is 47.7 Å². The second-order valence-electron chi connectivity index (χ2n) is 8.32. The molecule has 0 unspecified atom stereocenters. The molecule has 1 aromatic heterocycles. The summed E-state index contributed by atoms with van der Waals surface area (Å²) in [4.78, 5) is 12.0. The monoisotopic (exact) mass is 507 g/mol. The molecule has 6 heteroatoms. The van der Waals surface area contributed by atoms with Crippen LogP contribution in [0.5, 0.6) is 0 Å². The highest BCUT2D eigenvalue weighted by atomic mass is 127. The van der Waals surface area contributed by atoms with Crippen molar-refractivity contribution in [2.75, 3.05) is 19.6 Å². The third kappa shape index (κ3) is 5.53. The van der Waals surface area contributed by atoms with Gasteiger partial charge in [0.1, 0.15) is 12.4 Å². The highest BCUT2D eigenvalue weighted by molar-refractivity contribution is 14.0. The van der Waals surface area contributed by atoms with Crippen molar-refractivity contribution in [1.82, 2.24) is 19.8 Å². The lowest BCUT2D eigenvalue weighted by Gasteiger charge is -2.38. The van der Waals surface area contributed by atoms with Crippen LogP contribution in [0.2, 0.25) is 0 Å². The first-order valence-corrected chi connectivity index (χ1v) is 10.9. The van der Waals surface area contributed by atoms with Gasteiger partial charge in [0.15, 0.2) is 5.96 Å². The van der Waals surface area contributed by atoms with Crippen LogP contribution in [-0.2, 0) is 19.5 Å². The van der Waals surface area contributed by atoms with Crippen molar-refractivity contribution in [2.24, 2.45) is 10.4 Å². The van der Waals surface area contributed by atoms with Crippen LogP contribution in [0, 0.1) is 5.41 Å². The van der Waals surface area contributed by atoms with Gasteiger partial charge in [-0.15, -0.1) is 24.0 Å². The minimum atomic E-state index is 0. The molecule has 1 saturated carbocycles. The van der Waals surface area contributed by atoms with Gasteiger partial charge in [-0.3, -0.25) is 0 Å². The first kappa shape index (κ1) is 22.1. The topological polar surface area (TPSA) is 45.5 Å². The summed E-state index contributed by atoms with van der Waals surface area (Å²) in [5, 5.41) is 3.50. The molecule has 5 nitrogen and oxygen atoms in total. The van der Waals surface area contributed by atoms with Crippen LogP contribution in [0.25, 0.3) is 0 Å². The zero-order chi connectivity index (χ0) is 19.2. The number of hydrogen-bond acceptors (Lipinski definition) is 2. The van der Waals surface area contributed by atoms with Crippen LogP contribution in [0.3, 0.4) is 0 Å². The minimum absolute atomic E-state index is 0. The molecule has 2 aromatic rings. The van der Waals surface area contributed by atoms with E-state index in [0.717, 1.165) is 44.3 Å². The number of benzene rings is 1. The molecule has 1 aliphatic carbocycles. The number of aryl methyl sites for hydroxylation is 2. The number of nitrogens with one attached hydrogen (secondary N) is 1. The number of guanidine groups is 1. The molecular formula is C23H34IN5. The van der Waals surface area contributed by atoms with Crippen LogP contribution < -0.4 is 5.32 Å². The summed E-state index contributed by atoms with van der Waals surface area (Å²) in [5.41, 5.74) is 1.99. The van der Waals surface area contributed by atoms with Crippen molar-refractivity contribution in [1.29, 1.82) is 0 Å². The second-order valence-corrected chi connectivity index (χ2v) is 8.32. The zero-order valence-corrected chi connectivity index (χ0v) is 19.8. The molecule has 1 aromatic carbocycles. The Morgan fingerprint density at radius 1 is 1.21 bits per heavy atom. The number of aromatic nitrogens is 2. The maximum Gasteiger partial charge on any atom is 0.194 e. The van der Waals surface area contributed by atoms with E-state index in [4.69, 9.17) is 4.99 Å². The summed E-state index contributed by atoms with van der Waals surface area (Å²) in [6.07, 6.45) is 11.7. The zero-order valence-electron chi connectivity index (χ0n) is 17.5. The SMILES string of the molecule is CCNC(=NCc1nccn1CCCc1ccccc1)N1CCC2(CCC2)C1.I. The quantitative estimate of drug-likeness (QED) is 0.342. The van der Waals surface area contributed by atoms with Crippen molar-refractivity contribution in [3.05, 3.63) is 54.1 Å². The Kier molecular flexibility index (Phi) is 7.98. The lowest BCUT2D eigenvalue weighted by atomic mass is 9.68. The van der Waals surface area contributed by atoms with E-state index in [0.29, 0.717) is 12.0 Å².